The molecule has 0 unspecified atom stereocenters. The lowest BCUT2D eigenvalue weighted by atomic mass is 10.2. The van der Waals surface area contributed by atoms with Gasteiger partial charge in [-0.25, -0.2) is 0 Å². The van der Waals surface area contributed by atoms with Crippen LogP contribution in [0.15, 0.2) is 24.3 Å². The molecule has 0 aromatic heterocycles. The van der Waals surface area contributed by atoms with Crippen molar-refractivity contribution in [3.63, 3.8) is 0 Å². The van der Waals surface area contributed by atoms with Gasteiger partial charge in [0.05, 0.1) is 11.5 Å². The van der Waals surface area contributed by atoms with Crippen LogP contribution in [-0.2, 0) is 4.74 Å². The Hall–Kier alpha value is -1.62. The number of anilines is 1. The fourth-order valence-electron chi connectivity index (χ4n) is 1.26. The highest BCUT2D eigenvalue weighted by atomic mass is 16.6. The summed E-state index contributed by atoms with van der Waals surface area (Å²) >= 11 is 0. The van der Waals surface area contributed by atoms with E-state index in [1.807, 2.05) is 6.92 Å². The summed E-state index contributed by atoms with van der Waals surface area (Å²) < 4.78 is 4.97. The van der Waals surface area contributed by atoms with Gasteiger partial charge in [-0.05, 0) is 19.1 Å². The smallest absolute Gasteiger partial charge is 0.269 e. The Bertz CT molecular complexity index is 324. The SMILES string of the molecule is COC[C@@H](C)Nc1ccc([N+](=O)[O-])cc1. The van der Waals surface area contributed by atoms with Crippen LogP contribution in [0.1, 0.15) is 6.92 Å². The van der Waals surface area contributed by atoms with Crippen molar-refractivity contribution in [3.05, 3.63) is 34.4 Å². The Morgan fingerprint density at radius 1 is 1.47 bits per heavy atom. The average Bonchev–Trinajstić information content (AvgIpc) is 2.18. The molecule has 1 atom stereocenters. The number of benzene rings is 1. The lowest BCUT2D eigenvalue weighted by Crippen LogP contribution is -2.20. The van der Waals surface area contributed by atoms with Gasteiger partial charge in [0, 0.05) is 31.0 Å². The standard InChI is InChI=1S/C10H14N2O3/c1-8(7-15-2)11-9-3-5-10(6-4-9)12(13)14/h3-6,8,11H,7H2,1-2H3/t8-/m1/s1. The molecule has 5 nitrogen and oxygen atoms in total. The molecule has 0 spiro atoms. The first-order chi connectivity index (χ1) is 7.13. The van der Waals surface area contributed by atoms with Crippen LogP contribution < -0.4 is 5.32 Å². The van der Waals surface area contributed by atoms with Crippen molar-refractivity contribution in [2.24, 2.45) is 0 Å². The number of ether oxygens (including phenoxy) is 1. The maximum atomic E-state index is 10.4. The molecule has 0 amide bonds. The van der Waals surface area contributed by atoms with Crippen molar-refractivity contribution in [1.29, 1.82) is 0 Å². The van der Waals surface area contributed by atoms with Gasteiger partial charge >= 0.3 is 0 Å². The summed E-state index contributed by atoms with van der Waals surface area (Å²) in [5, 5.41) is 13.6. The molecule has 0 aliphatic carbocycles. The quantitative estimate of drug-likeness (QED) is 0.596. The van der Waals surface area contributed by atoms with Crippen molar-refractivity contribution >= 4 is 11.4 Å². The largest absolute Gasteiger partial charge is 0.383 e. The molecule has 0 saturated heterocycles. The van der Waals surface area contributed by atoms with Gasteiger partial charge in [0.15, 0.2) is 0 Å². The Balaban J connectivity index is 2.60. The Morgan fingerprint density at radius 3 is 2.53 bits per heavy atom. The van der Waals surface area contributed by atoms with Crippen LogP contribution in [0.2, 0.25) is 0 Å². The number of rotatable bonds is 5. The number of hydrogen-bond acceptors (Lipinski definition) is 4. The van der Waals surface area contributed by atoms with Crippen LogP contribution in [0.3, 0.4) is 0 Å². The summed E-state index contributed by atoms with van der Waals surface area (Å²) in [6.45, 7) is 2.57. The highest BCUT2D eigenvalue weighted by Crippen LogP contribution is 2.15. The molecule has 1 aromatic rings. The number of hydrogen-bond donors (Lipinski definition) is 1. The number of nitro benzene ring substituents is 1. The molecular weight excluding hydrogens is 196 g/mol. The van der Waals surface area contributed by atoms with Gasteiger partial charge in [0.1, 0.15) is 0 Å². The first-order valence-corrected chi connectivity index (χ1v) is 4.63. The predicted molar refractivity (Wildman–Crippen MR) is 58.1 cm³/mol. The molecule has 82 valence electrons. The molecule has 0 bridgehead atoms. The van der Waals surface area contributed by atoms with Gasteiger partial charge in [0.25, 0.3) is 5.69 Å². The van der Waals surface area contributed by atoms with E-state index in [9.17, 15) is 10.1 Å². The lowest BCUT2D eigenvalue weighted by molar-refractivity contribution is -0.384. The van der Waals surface area contributed by atoms with Crippen LogP contribution in [0.4, 0.5) is 11.4 Å². The van der Waals surface area contributed by atoms with E-state index in [2.05, 4.69) is 5.32 Å². The number of methoxy groups -OCH3 is 1. The summed E-state index contributed by atoms with van der Waals surface area (Å²) in [5.41, 5.74) is 0.949. The molecule has 15 heavy (non-hydrogen) atoms. The molecular formula is C10H14N2O3. The number of non-ortho nitro benzene ring substituents is 1. The van der Waals surface area contributed by atoms with Gasteiger partial charge in [-0.1, -0.05) is 0 Å². The number of nitrogens with zero attached hydrogens (tertiary/aromatic N) is 1. The second-order valence-electron chi connectivity index (χ2n) is 3.30. The molecule has 1 N–H and O–H groups in total. The van der Waals surface area contributed by atoms with E-state index < -0.39 is 4.92 Å². The van der Waals surface area contributed by atoms with Crippen molar-refractivity contribution in [2.75, 3.05) is 19.0 Å². The topological polar surface area (TPSA) is 64.4 Å². The maximum Gasteiger partial charge on any atom is 0.269 e. The summed E-state index contributed by atoms with van der Waals surface area (Å²) in [4.78, 5) is 9.99. The van der Waals surface area contributed by atoms with Crippen LogP contribution in [0.5, 0.6) is 0 Å². The predicted octanol–water partition coefficient (Wildman–Crippen LogP) is 2.04. The lowest BCUT2D eigenvalue weighted by Gasteiger charge is -2.13. The molecule has 5 heteroatoms. The van der Waals surface area contributed by atoms with Gasteiger partial charge in [-0.2, -0.15) is 0 Å². The zero-order valence-electron chi connectivity index (χ0n) is 8.77. The third kappa shape index (κ3) is 3.55. The maximum absolute atomic E-state index is 10.4. The third-order valence-electron chi connectivity index (χ3n) is 1.91. The third-order valence-corrected chi connectivity index (χ3v) is 1.91. The molecule has 0 saturated carbocycles. The van der Waals surface area contributed by atoms with Crippen molar-refractivity contribution < 1.29 is 9.66 Å². The normalized spacial score (nSPS) is 12.1. The second-order valence-corrected chi connectivity index (χ2v) is 3.30. The Labute approximate surface area is 88.2 Å². The van der Waals surface area contributed by atoms with E-state index in [-0.39, 0.29) is 11.7 Å². The first kappa shape index (κ1) is 11.5. The van der Waals surface area contributed by atoms with Gasteiger partial charge in [0.2, 0.25) is 0 Å². The summed E-state index contributed by atoms with van der Waals surface area (Å²) in [7, 11) is 1.63. The number of nitrogens with one attached hydrogen (secondary N) is 1. The summed E-state index contributed by atoms with van der Waals surface area (Å²) in [6.07, 6.45) is 0. The molecule has 0 radical (unpaired) electrons. The van der Waals surface area contributed by atoms with Crippen LogP contribution in [0.25, 0.3) is 0 Å². The van der Waals surface area contributed by atoms with E-state index in [0.29, 0.717) is 6.61 Å². The second kappa shape index (κ2) is 5.31. The highest BCUT2D eigenvalue weighted by molar-refractivity contribution is 5.48. The van der Waals surface area contributed by atoms with Gasteiger partial charge in [-0.15, -0.1) is 0 Å². The van der Waals surface area contributed by atoms with Crippen molar-refractivity contribution in [1.82, 2.24) is 0 Å². The van der Waals surface area contributed by atoms with Gasteiger partial charge < -0.3 is 10.1 Å². The molecule has 1 rings (SSSR count). The Kier molecular flexibility index (Phi) is 4.05. The van der Waals surface area contributed by atoms with E-state index in [4.69, 9.17) is 4.74 Å². The fraction of sp³-hybridized carbons (Fsp3) is 0.400. The Morgan fingerprint density at radius 2 is 2.07 bits per heavy atom. The zero-order valence-corrected chi connectivity index (χ0v) is 8.77. The molecule has 0 aliphatic heterocycles. The van der Waals surface area contributed by atoms with E-state index in [0.717, 1.165) is 5.69 Å². The first-order valence-electron chi connectivity index (χ1n) is 4.63. The minimum Gasteiger partial charge on any atom is -0.383 e. The van der Waals surface area contributed by atoms with Crippen LogP contribution >= 0.6 is 0 Å². The zero-order chi connectivity index (χ0) is 11.3. The van der Waals surface area contributed by atoms with Crippen molar-refractivity contribution in [2.45, 2.75) is 13.0 Å². The van der Waals surface area contributed by atoms with E-state index in [1.165, 1.54) is 12.1 Å². The number of nitro groups is 1. The average molecular weight is 210 g/mol. The molecule has 0 aliphatic rings. The van der Waals surface area contributed by atoms with E-state index >= 15 is 0 Å². The monoisotopic (exact) mass is 210 g/mol. The van der Waals surface area contributed by atoms with Crippen molar-refractivity contribution in [3.8, 4) is 0 Å². The minimum atomic E-state index is -0.414. The summed E-state index contributed by atoms with van der Waals surface area (Å²) in [5.74, 6) is 0. The minimum absolute atomic E-state index is 0.0972. The van der Waals surface area contributed by atoms with Crippen LogP contribution in [0, 0.1) is 10.1 Å². The highest BCUT2D eigenvalue weighted by Gasteiger charge is 2.05. The molecule has 0 fully saturated rings. The van der Waals surface area contributed by atoms with Crippen LogP contribution in [-0.4, -0.2) is 24.7 Å². The molecule has 1 aromatic carbocycles. The molecule has 0 heterocycles. The fourth-order valence-corrected chi connectivity index (χ4v) is 1.26. The summed E-state index contributed by atoms with van der Waals surface area (Å²) in [6, 6.07) is 6.50. The van der Waals surface area contributed by atoms with E-state index in [1.54, 1.807) is 19.2 Å². The van der Waals surface area contributed by atoms with Gasteiger partial charge in [-0.3, -0.25) is 10.1 Å².